The van der Waals surface area contributed by atoms with Gasteiger partial charge in [0.1, 0.15) is 0 Å². The van der Waals surface area contributed by atoms with E-state index in [0.717, 1.165) is 36.2 Å². The second-order valence-corrected chi connectivity index (χ2v) is 6.74. The normalized spacial score (nSPS) is 11.9. The third-order valence-corrected chi connectivity index (χ3v) is 3.87. The van der Waals surface area contributed by atoms with Crippen molar-refractivity contribution in [2.45, 2.75) is 59.3 Å². The first-order chi connectivity index (χ1) is 9.86. The Bertz CT molecular complexity index is 671. The van der Waals surface area contributed by atoms with Crippen molar-refractivity contribution in [3.05, 3.63) is 51.4 Å². The zero-order chi connectivity index (χ0) is 15.6. The first-order valence-electron chi connectivity index (χ1n) is 7.76. The van der Waals surface area contributed by atoms with Crippen LogP contribution in [0.25, 0.3) is 5.69 Å². The molecule has 1 heterocycles. The Labute approximate surface area is 127 Å². The van der Waals surface area contributed by atoms with Crippen molar-refractivity contribution in [3.63, 3.8) is 0 Å². The summed E-state index contributed by atoms with van der Waals surface area (Å²) in [6.45, 7) is 10.6. The molecule has 0 aliphatic heterocycles. The number of rotatable bonds is 4. The zero-order valence-corrected chi connectivity index (χ0v) is 13.8. The summed E-state index contributed by atoms with van der Waals surface area (Å²) in [7, 11) is 0. The summed E-state index contributed by atoms with van der Waals surface area (Å²) < 4.78 is 1.99. The molecule has 3 heteroatoms. The van der Waals surface area contributed by atoms with E-state index < -0.39 is 0 Å². The maximum Gasteiger partial charge on any atom is 0.268 e. The molecule has 21 heavy (non-hydrogen) atoms. The van der Waals surface area contributed by atoms with E-state index in [1.807, 2.05) is 16.8 Å². The highest BCUT2D eigenvalue weighted by Gasteiger charge is 2.26. The Hall–Kier alpha value is -1.77. The number of nitrogens with one attached hydrogen (secondary N) is 1. The third kappa shape index (κ3) is 3.12. The van der Waals surface area contributed by atoms with Crippen molar-refractivity contribution >= 4 is 0 Å². The number of hydrogen-bond donors (Lipinski definition) is 1. The van der Waals surface area contributed by atoms with Gasteiger partial charge in [0.05, 0.1) is 5.69 Å². The average molecular weight is 286 g/mol. The van der Waals surface area contributed by atoms with Gasteiger partial charge in [0.2, 0.25) is 0 Å². The second-order valence-electron chi connectivity index (χ2n) is 6.74. The summed E-state index contributed by atoms with van der Waals surface area (Å²) in [5.41, 5.74) is 4.17. The number of nitrogens with zero attached hydrogens (tertiary/aromatic N) is 1. The van der Waals surface area contributed by atoms with E-state index in [9.17, 15) is 4.79 Å². The van der Waals surface area contributed by atoms with Crippen LogP contribution in [0, 0.1) is 6.92 Å². The van der Waals surface area contributed by atoms with Gasteiger partial charge in [-0.2, -0.15) is 0 Å². The van der Waals surface area contributed by atoms with Crippen LogP contribution in [0.5, 0.6) is 0 Å². The molecule has 0 bridgehead atoms. The van der Waals surface area contributed by atoms with Crippen LogP contribution in [-0.2, 0) is 11.8 Å². The van der Waals surface area contributed by atoms with Crippen molar-refractivity contribution in [3.8, 4) is 5.69 Å². The van der Waals surface area contributed by atoms with Crippen LogP contribution in [0.3, 0.4) is 0 Å². The van der Waals surface area contributed by atoms with Gasteiger partial charge in [-0.3, -0.25) is 14.6 Å². The van der Waals surface area contributed by atoms with E-state index in [2.05, 4.69) is 51.9 Å². The number of para-hydroxylation sites is 1. The molecule has 0 saturated heterocycles. The highest BCUT2D eigenvalue weighted by molar-refractivity contribution is 5.43. The van der Waals surface area contributed by atoms with Gasteiger partial charge in [-0.15, -0.1) is 0 Å². The standard InChI is InChI=1S/C18H26N2O/c1-6-7-11-15-16(18(3,4)5)17(21)19-20(15)14-12-9-8-10-13(14)2/h8-10,12H,6-7,11H2,1-5H3,(H,19,21). The minimum Gasteiger partial charge on any atom is -0.268 e. The Balaban J connectivity index is 2.67. The summed E-state index contributed by atoms with van der Waals surface area (Å²) in [6.07, 6.45) is 3.14. The van der Waals surface area contributed by atoms with Crippen LogP contribution in [0.15, 0.2) is 29.1 Å². The van der Waals surface area contributed by atoms with Crippen LogP contribution < -0.4 is 5.56 Å². The van der Waals surface area contributed by atoms with Crippen molar-refractivity contribution in [2.75, 3.05) is 0 Å². The minimum atomic E-state index is -0.148. The molecule has 0 saturated carbocycles. The van der Waals surface area contributed by atoms with Gasteiger partial charge in [-0.1, -0.05) is 52.3 Å². The highest BCUT2D eigenvalue weighted by atomic mass is 16.1. The lowest BCUT2D eigenvalue weighted by Gasteiger charge is -2.19. The van der Waals surface area contributed by atoms with Crippen LogP contribution in [-0.4, -0.2) is 9.78 Å². The predicted molar refractivity (Wildman–Crippen MR) is 88.4 cm³/mol. The molecule has 114 valence electrons. The van der Waals surface area contributed by atoms with Gasteiger partial charge in [0.25, 0.3) is 5.56 Å². The largest absolute Gasteiger partial charge is 0.268 e. The summed E-state index contributed by atoms with van der Waals surface area (Å²) >= 11 is 0. The average Bonchev–Trinajstić information content (AvgIpc) is 2.73. The lowest BCUT2D eigenvalue weighted by Crippen LogP contribution is -2.22. The van der Waals surface area contributed by atoms with E-state index >= 15 is 0 Å². The molecule has 0 aliphatic rings. The molecule has 2 aromatic rings. The summed E-state index contributed by atoms with van der Waals surface area (Å²) in [5.74, 6) is 0. The molecule has 0 atom stereocenters. The Kier molecular flexibility index (Phi) is 4.40. The minimum absolute atomic E-state index is 0.0388. The van der Waals surface area contributed by atoms with Crippen LogP contribution in [0.4, 0.5) is 0 Å². The van der Waals surface area contributed by atoms with Gasteiger partial charge in [0.15, 0.2) is 0 Å². The fourth-order valence-electron chi connectivity index (χ4n) is 2.84. The molecule has 0 fully saturated rings. The predicted octanol–water partition coefficient (Wildman–Crippen LogP) is 4.11. The lowest BCUT2D eigenvalue weighted by molar-refractivity contribution is 0.573. The van der Waals surface area contributed by atoms with E-state index in [1.165, 1.54) is 5.56 Å². The molecule has 2 rings (SSSR count). The van der Waals surface area contributed by atoms with Crippen LogP contribution >= 0.6 is 0 Å². The van der Waals surface area contributed by atoms with E-state index in [-0.39, 0.29) is 11.0 Å². The number of benzene rings is 1. The van der Waals surface area contributed by atoms with E-state index in [1.54, 1.807) is 0 Å². The maximum absolute atomic E-state index is 12.5. The van der Waals surface area contributed by atoms with Crippen molar-refractivity contribution in [1.82, 2.24) is 9.78 Å². The van der Waals surface area contributed by atoms with Gasteiger partial charge < -0.3 is 0 Å². The molecule has 0 unspecified atom stereocenters. The number of aryl methyl sites for hydroxylation is 1. The molecule has 0 spiro atoms. The van der Waals surface area contributed by atoms with E-state index in [0.29, 0.717) is 0 Å². The monoisotopic (exact) mass is 286 g/mol. The Morgan fingerprint density at radius 1 is 1.19 bits per heavy atom. The van der Waals surface area contributed by atoms with Crippen molar-refractivity contribution < 1.29 is 0 Å². The molecule has 0 amide bonds. The zero-order valence-electron chi connectivity index (χ0n) is 13.8. The molecule has 0 aliphatic carbocycles. The maximum atomic E-state index is 12.5. The van der Waals surface area contributed by atoms with Gasteiger partial charge in [-0.05, 0) is 36.8 Å². The third-order valence-electron chi connectivity index (χ3n) is 3.87. The molecule has 0 radical (unpaired) electrons. The Morgan fingerprint density at radius 3 is 2.43 bits per heavy atom. The van der Waals surface area contributed by atoms with Gasteiger partial charge in [0, 0.05) is 11.3 Å². The van der Waals surface area contributed by atoms with Gasteiger partial charge in [-0.25, -0.2) is 0 Å². The highest BCUT2D eigenvalue weighted by Crippen LogP contribution is 2.26. The Morgan fingerprint density at radius 2 is 1.86 bits per heavy atom. The molecule has 1 N–H and O–H groups in total. The number of aromatic amines is 1. The fourth-order valence-corrected chi connectivity index (χ4v) is 2.84. The SMILES string of the molecule is CCCCc1c(C(C)(C)C)c(=O)[nH]n1-c1ccccc1C. The van der Waals surface area contributed by atoms with Gasteiger partial charge >= 0.3 is 0 Å². The first kappa shape index (κ1) is 15.6. The molecular weight excluding hydrogens is 260 g/mol. The van der Waals surface area contributed by atoms with E-state index in [4.69, 9.17) is 0 Å². The smallest absolute Gasteiger partial charge is 0.268 e. The van der Waals surface area contributed by atoms with Crippen LogP contribution in [0.1, 0.15) is 57.4 Å². The van der Waals surface area contributed by atoms with Crippen LogP contribution in [0.2, 0.25) is 0 Å². The molecular formula is C18H26N2O. The van der Waals surface area contributed by atoms with Crippen molar-refractivity contribution in [1.29, 1.82) is 0 Å². The number of hydrogen-bond acceptors (Lipinski definition) is 1. The number of H-pyrrole nitrogens is 1. The molecule has 3 nitrogen and oxygen atoms in total. The summed E-state index contributed by atoms with van der Waals surface area (Å²) in [6, 6.07) is 8.18. The topological polar surface area (TPSA) is 37.8 Å². The summed E-state index contributed by atoms with van der Waals surface area (Å²) in [5, 5.41) is 3.05. The lowest BCUT2D eigenvalue weighted by atomic mass is 9.86. The van der Waals surface area contributed by atoms with Crippen molar-refractivity contribution in [2.24, 2.45) is 0 Å². The fraction of sp³-hybridized carbons (Fsp3) is 0.500. The summed E-state index contributed by atoms with van der Waals surface area (Å²) in [4.78, 5) is 12.5. The number of aromatic nitrogens is 2. The molecule has 1 aromatic heterocycles. The second kappa shape index (κ2) is 5.92. The molecule has 1 aromatic carbocycles. The first-order valence-corrected chi connectivity index (χ1v) is 7.76. The quantitative estimate of drug-likeness (QED) is 0.902. The number of unbranched alkanes of at least 4 members (excludes halogenated alkanes) is 1.